The zero-order valence-corrected chi connectivity index (χ0v) is 12.5. The molecular formula is C12H17NO4S2. The number of hydrogen-bond acceptors (Lipinski definition) is 5. The minimum atomic E-state index is -0.887. The van der Waals surface area contributed by atoms with Crippen molar-refractivity contribution in [1.29, 1.82) is 0 Å². The molecule has 19 heavy (non-hydrogen) atoms. The summed E-state index contributed by atoms with van der Waals surface area (Å²) >= 11 is 6.31. The molecular weight excluding hydrogens is 286 g/mol. The highest BCUT2D eigenvalue weighted by Crippen LogP contribution is 2.34. The van der Waals surface area contributed by atoms with Crippen molar-refractivity contribution in [3.8, 4) is 0 Å². The van der Waals surface area contributed by atoms with E-state index in [1.807, 2.05) is 13.8 Å². The average Bonchev–Trinajstić information content (AvgIpc) is 2.55. The molecule has 0 aromatic rings. The fourth-order valence-electron chi connectivity index (χ4n) is 1.48. The number of hydrogen-bond donors (Lipinski definition) is 2. The molecule has 0 radical (unpaired) electrons. The van der Waals surface area contributed by atoms with Crippen molar-refractivity contribution in [3.05, 3.63) is 11.0 Å². The molecule has 1 aliphatic heterocycles. The van der Waals surface area contributed by atoms with Crippen LogP contribution in [0.25, 0.3) is 0 Å². The standard InChI is InChI=1S/C12H17NO4S2/c1-12(2,7-14)6-8-10(17)13(11(18)19-8)5-3-4-9(15)16/h6,14H,3-5,7H2,1-2H3,(H,15,16)/b8-6-. The van der Waals surface area contributed by atoms with Crippen molar-refractivity contribution in [2.24, 2.45) is 5.41 Å². The van der Waals surface area contributed by atoms with Gasteiger partial charge in [0.15, 0.2) is 0 Å². The molecule has 5 nitrogen and oxygen atoms in total. The third kappa shape index (κ3) is 4.59. The Morgan fingerprint density at radius 2 is 2.16 bits per heavy atom. The summed E-state index contributed by atoms with van der Waals surface area (Å²) < 4.78 is 0.440. The van der Waals surface area contributed by atoms with Gasteiger partial charge in [0.1, 0.15) is 4.32 Å². The number of rotatable bonds is 6. The normalized spacial score (nSPS) is 18.5. The van der Waals surface area contributed by atoms with Crippen LogP contribution in [0.2, 0.25) is 0 Å². The van der Waals surface area contributed by atoms with Crippen LogP contribution < -0.4 is 0 Å². The van der Waals surface area contributed by atoms with Crippen LogP contribution in [0, 0.1) is 5.41 Å². The molecule has 1 amide bonds. The lowest BCUT2D eigenvalue weighted by Gasteiger charge is -2.17. The van der Waals surface area contributed by atoms with Crippen LogP contribution in [0.3, 0.4) is 0 Å². The van der Waals surface area contributed by atoms with Crippen molar-refractivity contribution >= 4 is 40.2 Å². The predicted octanol–water partition coefficient (Wildman–Crippen LogP) is 1.61. The zero-order chi connectivity index (χ0) is 14.6. The molecule has 1 fully saturated rings. The summed E-state index contributed by atoms with van der Waals surface area (Å²) in [6.45, 7) is 3.90. The van der Waals surface area contributed by atoms with E-state index in [1.54, 1.807) is 6.08 Å². The third-order valence-corrected chi connectivity index (χ3v) is 3.95. The monoisotopic (exact) mass is 303 g/mol. The van der Waals surface area contributed by atoms with E-state index < -0.39 is 11.4 Å². The summed E-state index contributed by atoms with van der Waals surface area (Å²) in [5.41, 5.74) is -0.481. The average molecular weight is 303 g/mol. The highest BCUT2D eigenvalue weighted by molar-refractivity contribution is 8.26. The molecule has 1 rings (SSSR count). The molecule has 0 aromatic heterocycles. The number of amides is 1. The van der Waals surface area contributed by atoms with Crippen molar-refractivity contribution in [3.63, 3.8) is 0 Å². The van der Waals surface area contributed by atoms with Gasteiger partial charge in [-0.05, 0) is 6.42 Å². The number of carbonyl (C=O) groups excluding carboxylic acids is 1. The number of aliphatic hydroxyl groups excluding tert-OH is 1. The first-order chi connectivity index (χ1) is 8.76. The second kappa shape index (κ2) is 6.49. The van der Waals surface area contributed by atoms with E-state index in [0.717, 1.165) is 0 Å². The minimum Gasteiger partial charge on any atom is -0.481 e. The Hall–Kier alpha value is -0.920. The lowest BCUT2D eigenvalue weighted by Crippen LogP contribution is -2.29. The van der Waals surface area contributed by atoms with Crippen molar-refractivity contribution < 1.29 is 19.8 Å². The second-order valence-corrected chi connectivity index (χ2v) is 6.65. The molecule has 7 heteroatoms. The van der Waals surface area contributed by atoms with Gasteiger partial charge < -0.3 is 10.2 Å². The number of carboxylic acids is 1. The van der Waals surface area contributed by atoms with E-state index >= 15 is 0 Å². The Bertz CT molecular complexity index is 431. The lowest BCUT2D eigenvalue weighted by molar-refractivity contribution is -0.137. The third-order valence-electron chi connectivity index (χ3n) is 2.58. The highest BCUT2D eigenvalue weighted by Gasteiger charge is 2.33. The van der Waals surface area contributed by atoms with Gasteiger partial charge in [0.2, 0.25) is 0 Å². The van der Waals surface area contributed by atoms with Gasteiger partial charge >= 0.3 is 5.97 Å². The molecule has 0 saturated carbocycles. The van der Waals surface area contributed by atoms with Crippen molar-refractivity contribution in [1.82, 2.24) is 4.90 Å². The summed E-state index contributed by atoms with van der Waals surface area (Å²) in [7, 11) is 0. The highest BCUT2D eigenvalue weighted by atomic mass is 32.2. The van der Waals surface area contributed by atoms with Gasteiger partial charge in [-0.3, -0.25) is 14.5 Å². The zero-order valence-electron chi connectivity index (χ0n) is 10.9. The molecule has 1 aliphatic rings. The van der Waals surface area contributed by atoms with Crippen LogP contribution in [0.15, 0.2) is 11.0 Å². The number of aliphatic hydroxyl groups is 1. The van der Waals surface area contributed by atoms with Crippen LogP contribution in [0.1, 0.15) is 26.7 Å². The smallest absolute Gasteiger partial charge is 0.303 e. The topological polar surface area (TPSA) is 77.8 Å². The molecule has 1 heterocycles. The van der Waals surface area contributed by atoms with Crippen LogP contribution in [0.5, 0.6) is 0 Å². The lowest BCUT2D eigenvalue weighted by atomic mass is 9.94. The van der Waals surface area contributed by atoms with E-state index in [4.69, 9.17) is 17.3 Å². The summed E-state index contributed by atoms with van der Waals surface area (Å²) in [5.74, 6) is -1.09. The van der Waals surface area contributed by atoms with Gasteiger partial charge in [-0.1, -0.05) is 43.9 Å². The molecule has 1 saturated heterocycles. The van der Waals surface area contributed by atoms with Crippen molar-refractivity contribution in [2.75, 3.05) is 13.2 Å². The van der Waals surface area contributed by atoms with Gasteiger partial charge in [0.05, 0.1) is 11.5 Å². The summed E-state index contributed by atoms with van der Waals surface area (Å²) in [6, 6.07) is 0. The Kier molecular flexibility index (Phi) is 5.51. The molecule has 2 N–H and O–H groups in total. The Labute approximate surface area is 121 Å². The largest absolute Gasteiger partial charge is 0.481 e. The molecule has 0 bridgehead atoms. The van der Waals surface area contributed by atoms with E-state index in [9.17, 15) is 14.7 Å². The Morgan fingerprint density at radius 1 is 1.53 bits per heavy atom. The Balaban J connectivity index is 2.71. The maximum absolute atomic E-state index is 12.1. The van der Waals surface area contributed by atoms with E-state index in [2.05, 4.69) is 0 Å². The van der Waals surface area contributed by atoms with E-state index in [0.29, 0.717) is 22.2 Å². The van der Waals surface area contributed by atoms with Gasteiger partial charge in [-0.2, -0.15) is 0 Å². The van der Waals surface area contributed by atoms with Crippen LogP contribution in [-0.4, -0.2) is 44.5 Å². The SMILES string of the molecule is CC(C)(/C=C1\SC(=S)N(CCCC(=O)O)C1=O)CO. The number of thioether (sulfide) groups is 1. The summed E-state index contributed by atoms with van der Waals surface area (Å²) in [5, 5.41) is 17.8. The van der Waals surface area contributed by atoms with E-state index in [1.165, 1.54) is 16.7 Å². The van der Waals surface area contributed by atoms with Gasteiger partial charge in [0, 0.05) is 18.4 Å². The number of thiocarbonyl (C=S) groups is 1. The number of nitrogens with zero attached hydrogens (tertiary/aromatic N) is 1. The Morgan fingerprint density at radius 3 is 2.68 bits per heavy atom. The molecule has 0 atom stereocenters. The second-order valence-electron chi connectivity index (χ2n) is 4.98. The van der Waals surface area contributed by atoms with Crippen molar-refractivity contribution in [2.45, 2.75) is 26.7 Å². The van der Waals surface area contributed by atoms with Gasteiger partial charge in [0.25, 0.3) is 5.91 Å². The first-order valence-electron chi connectivity index (χ1n) is 5.86. The summed E-state index contributed by atoms with van der Waals surface area (Å²) in [4.78, 5) is 24.5. The fraction of sp³-hybridized carbons (Fsp3) is 0.583. The predicted molar refractivity (Wildman–Crippen MR) is 77.7 cm³/mol. The minimum absolute atomic E-state index is 0.0121. The van der Waals surface area contributed by atoms with Crippen LogP contribution in [0.4, 0.5) is 0 Å². The number of carboxylic acid groups (broad SMARTS) is 1. The fourth-order valence-corrected chi connectivity index (χ4v) is 2.97. The maximum atomic E-state index is 12.1. The van der Waals surface area contributed by atoms with Crippen LogP contribution in [-0.2, 0) is 9.59 Å². The molecule has 106 valence electrons. The first-order valence-corrected chi connectivity index (χ1v) is 7.08. The summed E-state index contributed by atoms with van der Waals surface area (Å²) in [6.07, 6.45) is 2.10. The molecule has 0 spiro atoms. The number of carbonyl (C=O) groups is 2. The number of aliphatic carboxylic acids is 1. The maximum Gasteiger partial charge on any atom is 0.303 e. The van der Waals surface area contributed by atoms with E-state index in [-0.39, 0.29) is 18.9 Å². The first kappa shape index (κ1) is 16.1. The van der Waals surface area contributed by atoms with Gasteiger partial charge in [-0.15, -0.1) is 0 Å². The quantitative estimate of drug-likeness (QED) is 0.573. The van der Waals surface area contributed by atoms with Gasteiger partial charge in [-0.25, -0.2) is 0 Å². The van der Waals surface area contributed by atoms with Crippen LogP contribution >= 0.6 is 24.0 Å². The molecule has 0 unspecified atom stereocenters. The molecule has 0 aromatic carbocycles. The molecule has 0 aliphatic carbocycles.